The first-order valence-electron chi connectivity index (χ1n) is 9.13. The Morgan fingerprint density at radius 2 is 1.55 bits per heavy atom. The number of carbonyl (C=O) groups excluding carboxylic acids is 1. The van der Waals surface area contributed by atoms with E-state index in [1.165, 1.54) is 13.2 Å². The van der Waals surface area contributed by atoms with E-state index in [1.807, 2.05) is 42.5 Å². The number of carbonyl (C=O) groups is 1. The van der Waals surface area contributed by atoms with Gasteiger partial charge in [0.1, 0.15) is 5.75 Å². The third-order valence-corrected chi connectivity index (χ3v) is 4.36. The molecule has 3 rings (SSSR count). The number of benzene rings is 3. The molecule has 0 bridgehead atoms. The van der Waals surface area contributed by atoms with Crippen LogP contribution in [0.25, 0.3) is 0 Å². The Morgan fingerprint density at radius 1 is 0.897 bits per heavy atom. The summed E-state index contributed by atoms with van der Waals surface area (Å²) in [7, 11) is -0.352. The topological polar surface area (TPSA) is 88.0 Å². The summed E-state index contributed by atoms with van der Waals surface area (Å²) in [6.07, 6.45) is 0. The molecule has 0 saturated heterocycles. The molecule has 3 N–H and O–H groups in total. The smallest absolute Gasteiger partial charge is 0.492 e. The first-order valence-corrected chi connectivity index (χ1v) is 9.13. The van der Waals surface area contributed by atoms with Crippen LogP contribution in [0.15, 0.2) is 72.8 Å². The van der Waals surface area contributed by atoms with Crippen LogP contribution in [0.1, 0.15) is 21.5 Å². The SMILES string of the molecule is COc1c(B(O)O)cccc1C(=O)Nc1ccc(COCc2ccccc2)cc1. The lowest BCUT2D eigenvalue weighted by molar-refractivity contribution is 0.102. The first kappa shape index (κ1) is 20.6. The lowest BCUT2D eigenvalue weighted by Crippen LogP contribution is -2.32. The fourth-order valence-electron chi connectivity index (χ4n) is 2.91. The van der Waals surface area contributed by atoms with Crippen molar-refractivity contribution in [2.75, 3.05) is 12.4 Å². The highest BCUT2D eigenvalue weighted by Crippen LogP contribution is 2.19. The normalized spacial score (nSPS) is 10.4. The van der Waals surface area contributed by atoms with Crippen LogP contribution < -0.4 is 15.5 Å². The standard InChI is InChI=1S/C22H22BNO5/c1-28-21-19(8-5-9-20(21)23(26)27)22(25)24-18-12-10-17(11-13-18)15-29-14-16-6-3-2-4-7-16/h2-13,26-27H,14-15H2,1H3,(H,24,25). The molecule has 6 nitrogen and oxygen atoms in total. The molecule has 3 aromatic carbocycles. The van der Waals surface area contributed by atoms with Gasteiger partial charge in [-0.05, 0) is 29.3 Å². The number of anilines is 1. The molecule has 0 radical (unpaired) electrons. The van der Waals surface area contributed by atoms with Crippen molar-refractivity contribution in [3.05, 3.63) is 89.5 Å². The van der Waals surface area contributed by atoms with E-state index in [2.05, 4.69) is 5.32 Å². The van der Waals surface area contributed by atoms with Gasteiger partial charge in [-0.15, -0.1) is 0 Å². The van der Waals surface area contributed by atoms with Gasteiger partial charge in [0.2, 0.25) is 0 Å². The molecule has 0 atom stereocenters. The van der Waals surface area contributed by atoms with Crippen LogP contribution in [0.5, 0.6) is 5.75 Å². The highest BCUT2D eigenvalue weighted by molar-refractivity contribution is 6.60. The zero-order valence-electron chi connectivity index (χ0n) is 16.0. The van der Waals surface area contributed by atoms with Gasteiger partial charge in [-0.2, -0.15) is 0 Å². The molecule has 148 valence electrons. The van der Waals surface area contributed by atoms with Gasteiger partial charge >= 0.3 is 7.12 Å². The molecule has 0 aliphatic heterocycles. The van der Waals surface area contributed by atoms with Gasteiger partial charge in [0.25, 0.3) is 5.91 Å². The number of hydrogen-bond acceptors (Lipinski definition) is 5. The maximum Gasteiger partial charge on any atom is 0.492 e. The fourth-order valence-corrected chi connectivity index (χ4v) is 2.91. The Morgan fingerprint density at radius 3 is 2.17 bits per heavy atom. The third kappa shape index (κ3) is 5.45. The van der Waals surface area contributed by atoms with Crippen molar-refractivity contribution < 1.29 is 24.3 Å². The quantitative estimate of drug-likeness (QED) is 0.513. The molecule has 7 heteroatoms. The van der Waals surface area contributed by atoms with Crippen molar-refractivity contribution in [2.45, 2.75) is 13.2 Å². The molecule has 0 fully saturated rings. The number of nitrogens with one attached hydrogen (secondary N) is 1. The Balaban J connectivity index is 1.61. The molecule has 0 spiro atoms. The number of rotatable bonds is 8. The van der Waals surface area contributed by atoms with Crippen molar-refractivity contribution in [3.63, 3.8) is 0 Å². The predicted octanol–water partition coefficient (Wildman–Crippen LogP) is 2.34. The summed E-state index contributed by atoms with van der Waals surface area (Å²) in [5.41, 5.74) is 3.06. The molecule has 29 heavy (non-hydrogen) atoms. The van der Waals surface area contributed by atoms with Crippen molar-refractivity contribution in [1.82, 2.24) is 0 Å². The van der Waals surface area contributed by atoms with E-state index in [0.717, 1.165) is 11.1 Å². The highest BCUT2D eigenvalue weighted by atomic mass is 16.5. The summed E-state index contributed by atoms with van der Waals surface area (Å²) in [5, 5.41) is 21.7. The van der Waals surface area contributed by atoms with E-state index >= 15 is 0 Å². The molecular formula is C22H22BNO5. The molecule has 3 aromatic rings. The van der Waals surface area contributed by atoms with Crippen molar-refractivity contribution in [1.29, 1.82) is 0 Å². The number of para-hydroxylation sites is 1. The van der Waals surface area contributed by atoms with Gasteiger partial charge in [-0.3, -0.25) is 4.79 Å². The summed E-state index contributed by atoms with van der Waals surface area (Å²) >= 11 is 0. The van der Waals surface area contributed by atoms with Crippen LogP contribution in [0.3, 0.4) is 0 Å². The molecule has 0 saturated carbocycles. The molecular weight excluding hydrogens is 369 g/mol. The maximum absolute atomic E-state index is 12.6. The first-order chi connectivity index (χ1) is 14.1. The molecule has 1 amide bonds. The van der Waals surface area contributed by atoms with Crippen molar-refractivity contribution >= 4 is 24.2 Å². The molecule has 0 heterocycles. The van der Waals surface area contributed by atoms with E-state index < -0.39 is 13.0 Å². The van der Waals surface area contributed by atoms with Crippen LogP contribution in [-0.2, 0) is 18.0 Å². The summed E-state index contributed by atoms with van der Waals surface area (Å²) in [4.78, 5) is 12.6. The minimum atomic E-state index is -1.73. The zero-order valence-corrected chi connectivity index (χ0v) is 16.0. The number of amides is 1. The monoisotopic (exact) mass is 391 g/mol. The third-order valence-electron chi connectivity index (χ3n) is 4.36. The van der Waals surface area contributed by atoms with Gasteiger partial charge in [-0.1, -0.05) is 54.6 Å². The Bertz CT molecular complexity index is 945. The van der Waals surface area contributed by atoms with Crippen LogP contribution >= 0.6 is 0 Å². The second-order valence-electron chi connectivity index (χ2n) is 6.43. The number of methoxy groups -OCH3 is 1. The predicted molar refractivity (Wildman–Crippen MR) is 112 cm³/mol. The van der Waals surface area contributed by atoms with Gasteiger partial charge < -0.3 is 24.8 Å². The van der Waals surface area contributed by atoms with Crippen LogP contribution in [0.4, 0.5) is 5.69 Å². The molecule has 0 aliphatic carbocycles. The van der Waals surface area contributed by atoms with Crippen LogP contribution in [-0.4, -0.2) is 30.2 Å². The fraction of sp³-hybridized carbons (Fsp3) is 0.136. The molecule has 0 aliphatic rings. The second kappa shape index (κ2) is 9.88. The average Bonchev–Trinajstić information content (AvgIpc) is 2.75. The summed E-state index contributed by atoms with van der Waals surface area (Å²) in [6, 6.07) is 21.9. The summed E-state index contributed by atoms with van der Waals surface area (Å²) in [5.74, 6) is -0.275. The van der Waals surface area contributed by atoms with Crippen molar-refractivity contribution in [2.24, 2.45) is 0 Å². The minimum Gasteiger partial charge on any atom is -0.496 e. The van der Waals surface area contributed by atoms with Gasteiger partial charge in [0, 0.05) is 11.2 Å². The Hall–Kier alpha value is -3.13. The summed E-state index contributed by atoms with van der Waals surface area (Å²) < 4.78 is 10.9. The largest absolute Gasteiger partial charge is 0.496 e. The average molecular weight is 391 g/mol. The Kier molecular flexibility index (Phi) is 7.02. The zero-order chi connectivity index (χ0) is 20.6. The van der Waals surface area contributed by atoms with Crippen LogP contribution in [0, 0.1) is 0 Å². The van der Waals surface area contributed by atoms with E-state index in [1.54, 1.807) is 24.3 Å². The number of hydrogen-bond donors (Lipinski definition) is 3. The van der Waals surface area contributed by atoms with E-state index in [-0.39, 0.29) is 16.8 Å². The molecule has 0 unspecified atom stereocenters. The van der Waals surface area contributed by atoms with Gasteiger partial charge in [-0.25, -0.2) is 0 Å². The second-order valence-corrected chi connectivity index (χ2v) is 6.43. The van der Waals surface area contributed by atoms with E-state index in [0.29, 0.717) is 18.9 Å². The van der Waals surface area contributed by atoms with Crippen molar-refractivity contribution in [3.8, 4) is 5.75 Å². The van der Waals surface area contributed by atoms with Crippen LogP contribution in [0.2, 0.25) is 0 Å². The minimum absolute atomic E-state index is 0.130. The lowest BCUT2D eigenvalue weighted by Gasteiger charge is -2.13. The van der Waals surface area contributed by atoms with Gasteiger partial charge in [0.05, 0.1) is 25.9 Å². The maximum atomic E-state index is 12.6. The number of ether oxygens (including phenoxy) is 2. The van der Waals surface area contributed by atoms with E-state index in [4.69, 9.17) is 9.47 Å². The lowest BCUT2D eigenvalue weighted by atomic mass is 9.78. The van der Waals surface area contributed by atoms with Gasteiger partial charge in [0.15, 0.2) is 0 Å². The highest BCUT2D eigenvalue weighted by Gasteiger charge is 2.22. The molecule has 0 aromatic heterocycles. The van der Waals surface area contributed by atoms with E-state index in [9.17, 15) is 14.8 Å². The Labute approximate surface area is 169 Å². The summed E-state index contributed by atoms with van der Waals surface area (Å²) in [6.45, 7) is 1.000.